The van der Waals surface area contributed by atoms with Crippen LogP contribution in [-0.4, -0.2) is 18.2 Å². The van der Waals surface area contributed by atoms with Gasteiger partial charge >= 0.3 is 5.97 Å². The monoisotopic (exact) mass is 223 g/mol. The average molecular weight is 223 g/mol. The Labute approximate surface area is 95.0 Å². The summed E-state index contributed by atoms with van der Waals surface area (Å²) < 4.78 is 5.20. The number of carboxylic acid groups (broad SMARTS) is 1. The predicted molar refractivity (Wildman–Crippen MR) is 63.2 cm³/mol. The largest absolute Gasteiger partial charge is 0.496 e. The molecule has 0 radical (unpaired) electrons. The van der Waals surface area contributed by atoms with Crippen LogP contribution in [0.2, 0.25) is 0 Å². The predicted octanol–water partition coefficient (Wildman–Crippen LogP) is 2.41. The minimum Gasteiger partial charge on any atom is -0.496 e. The van der Waals surface area contributed by atoms with Gasteiger partial charge in [0.25, 0.3) is 0 Å². The van der Waals surface area contributed by atoms with Crippen molar-refractivity contribution in [2.75, 3.05) is 12.8 Å². The molecule has 1 aromatic carbocycles. The molecule has 0 atom stereocenters. The van der Waals surface area contributed by atoms with E-state index in [1.54, 1.807) is 13.0 Å². The van der Waals surface area contributed by atoms with Crippen molar-refractivity contribution in [1.29, 1.82) is 0 Å². The van der Waals surface area contributed by atoms with E-state index < -0.39 is 5.97 Å². The molecule has 0 aliphatic heterocycles. The van der Waals surface area contributed by atoms with E-state index in [1.165, 1.54) is 7.11 Å². The third kappa shape index (κ3) is 1.96. The number of carboxylic acids is 1. The second kappa shape index (κ2) is 4.43. The molecular formula is C12H17NO3. The van der Waals surface area contributed by atoms with E-state index in [2.05, 4.69) is 0 Å². The van der Waals surface area contributed by atoms with Gasteiger partial charge in [-0.15, -0.1) is 0 Å². The summed E-state index contributed by atoms with van der Waals surface area (Å²) in [5, 5.41) is 9.17. The van der Waals surface area contributed by atoms with Crippen LogP contribution >= 0.6 is 0 Å². The summed E-state index contributed by atoms with van der Waals surface area (Å²) in [7, 11) is 1.48. The number of methoxy groups -OCH3 is 1. The Bertz CT molecular complexity index is 425. The van der Waals surface area contributed by atoms with Crippen LogP contribution in [0.1, 0.15) is 41.3 Å². The molecule has 1 rings (SSSR count). The van der Waals surface area contributed by atoms with Crippen molar-refractivity contribution in [2.45, 2.75) is 26.7 Å². The number of aromatic carboxylic acids is 1. The first-order chi connectivity index (χ1) is 7.40. The van der Waals surface area contributed by atoms with Crippen molar-refractivity contribution in [3.8, 4) is 5.75 Å². The molecule has 4 nitrogen and oxygen atoms in total. The van der Waals surface area contributed by atoms with Gasteiger partial charge in [0.15, 0.2) is 0 Å². The molecule has 0 spiro atoms. The number of hydrogen-bond acceptors (Lipinski definition) is 3. The summed E-state index contributed by atoms with van der Waals surface area (Å²) in [5.74, 6) is -0.436. The molecule has 88 valence electrons. The van der Waals surface area contributed by atoms with Crippen LogP contribution < -0.4 is 10.5 Å². The lowest BCUT2D eigenvalue weighted by atomic mass is 9.94. The fraction of sp³-hybridized carbons (Fsp3) is 0.417. The molecule has 0 aliphatic carbocycles. The SMILES string of the molecule is COc1c(C(C)C)cc(N)c(C)c1C(=O)O. The Morgan fingerprint density at radius 3 is 2.44 bits per heavy atom. The van der Waals surface area contributed by atoms with Gasteiger partial charge in [-0.05, 0) is 30.0 Å². The fourth-order valence-corrected chi connectivity index (χ4v) is 1.71. The smallest absolute Gasteiger partial charge is 0.339 e. The molecular weight excluding hydrogens is 206 g/mol. The van der Waals surface area contributed by atoms with E-state index in [-0.39, 0.29) is 11.5 Å². The van der Waals surface area contributed by atoms with Crippen LogP contribution in [0.25, 0.3) is 0 Å². The topological polar surface area (TPSA) is 72.5 Å². The Morgan fingerprint density at radius 1 is 1.50 bits per heavy atom. The van der Waals surface area contributed by atoms with E-state index in [9.17, 15) is 9.90 Å². The van der Waals surface area contributed by atoms with E-state index >= 15 is 0 Å². The molecule has 0 unspecified atom stereocenters. The number of carbonyl (C=O) groups is 1. The number of nitrogens with two attached hydrogens (primary N) is 1. The van der Waals surface area contributed by atoms with Gasteiger partial charge in [0.2, 0.25) is 0 Å². The number of benzene rings is 1. The van der Waals surface area contributed by atoms with Crippen LogP contribution in [0.15, 0.2) is 6.07 Å². The number of nitrogen functional groups attached to an aromatic ring is 1. The first-order valence-corrected chi connectivity index (χ1v) is 5.10. The van der Waals surface area contributed by atoms with Crippen LogP contribution in [0.4, 0.5) is 5.69 Å². The second-order valence-electron chi connectivity index (χ2n) is 4.05. The van der Waals surface area contributed by atoms with Gasteiger partial charge in [-0.3, -0.25) is 0 Å². The van der Waals surface area contributed by atoms with Crippen molar-refractivity contribution < 1.29 is 14.6 Å². The van der Waals surface area contributed by atoms with Gasteiger partial charge in [-0.1, -0.05) is 13.8 Å². The van der Waals surface area contributed by atoms with Crippen LogP contribution in [0.5, 0.6) is 5.75 Å². The van der Waals surface area contributed by atoms with Crippen LogP contribution in [-0.2, 0) is 0 Å². The highest BCUT2D eigenvalue weighted by Gasteiger charge is 2.21. The van der Waals surface area contributed by atoms with Crippen molar-refractivity contribution >= 4 is 11.7 Å². The molecule has 16 heavy (non-hydrogen) atoms. The number of hydrogen-bond donors (Lipinski definition) is 2. The zero-order valence-electron chi connectivity index (χ0n) is 10.00. The van der Waals surface area contributed by atoms with E-state index in [0.717, 1.165) is 5.56 Å². The number of rotatable bonds is 3. The van der Waals surface area contributed by atoms with Crippen molar-refractivity contribution in [3.63, 3.8) is 0 Å². The quantitative estimate of drug-likeness (QED) is 0.772. The molecule has 0 saturated carbocycles. The van der Waals surface area contributed by atoms with Gasteiger partial charge in [-0.25, -0.2) is 4.79 Å². The fourth-order valence-electron chi connectivity index (χ4n) is 1.71. The molecule has 0 aromatic heterocycles. The van der Waals surface area contributed by atoms with Gasteiger partial charge in [-0.2, -0.15) is 0 Å². The molecule has 0 aliphatic rings. The third-order valence-electron chi connectivity index (χ3n) is 2.65. The Balaban J connectivity index is 3.62. The molecule has 4 heteroatoms. The maximum absolute atomic E-state index is 11.2. The lowest BCUT2D eigenvalue weighted by molar-refractivity contribution is 0.0692. The third-order valence-corrected chi connectivity index (χ3v) is 2.65. The van der Waals surface area contributed by atoms with Crippen molar-refractivity contribution in [3.05, 3.63) is 22.8 Å². The maximum atomic E-state index is 11.2. The zero-order valence-corrected chi connectivity index (χ0v) is 10.00. The lowest BCUT2D eigenvalue weighted by Crippen LogP contribution is -2.09. The first kappa shape index (κ1) is 12.4. The molecule has 0 amide bonds. The molecule has 0 heterocycles. The summed E-state index contributed by atoms with van der Waals surface area (Å²) in [6.45, 7) is 5.63. The Hall–Kier alpha value is -1.71. The van der Waals surface area contributed by atoms with Gasteiger partial charge in [0.1, 0.15) is 11.3 Å². The summed E-state index contributed by atoms with van der Waals surface area (Å²) in [6, 6.07) is 1.78. The summed E-state index contributed by atoms with van der Waals surface area (Å²) in [4.78, 5) is 11.2. The molecule has 0 bridgehead atoms. The summed E-state index contributed by atoms with van der Waals surface area (Å²) >= 11 is 0. The van der Waals surface area contributed by atoms with Gasteiger partial charge in [0, 0.05) is 5.69 Å². The normalized spacial score (nSPS) is 10.6. The lowest BCUT2D eigenvalue weighted by Gasteiger charge is -2.17. The maximum Gasteiger partial charge on any atom is 0.339 e. The van der Waals surface area contributed by atoms with Crippen molar-refractivity contribution in [1.82, 2.24) is 0 Å². The second-order valence-corrected chi connectivity index (χ2v) is 4.05. The van der Waals surface area contributed by atoms with Gasteiger partial charge < -0.3 is 15.6 Å². The summed E-state index contributed by atoms with van der Waals surface area (Å²) in [6.07, 6.45) is 0. The van der Waals surface area contributed by atoms with Crippen molar-refractivity contribution in [2.24, 2.45) is 0 Å². The molecule has 1 aromatic rings. The average Bonchev–Trinajstić information content (AvgIpc) is 2.20. The first-order valence-electron chi connectivity index (χ1n) is 5.10. The highest BCUT2D eigenvalue weighted by molar-refractivity contribution is 5.95. The standard InChI is InChI=1S/C12H17NO3/c1-6(2)8-5-9(13)7(3)10(12(14)15)11(8)16-4/h5-6H,13H2,1-4H3,(H,14,15). The Kier molecular flexibility index (Phi) is 3.42. The number of anilines is 1. The van der Waals surface area contributed by atoms with Gasteiger partial charge in [0.05, 0.1) is 7.11 Å². The Morgan fingerprint density at radius 2 is 2.06 bits per heavy atom. The molecule has 3 N–H and O–H groups in total. The molecule has 0 fully saturated rings. The highest BCUT2D eigenvalue weighted by Crippen LogP contribution is 2.35. The highest BCUT2D eigenvalue weighted by atomic mass is 16.5. The number of ether oxygens (including phenoxy) is 1. The minimum atomic E-state index is -1.01. The minimum absolute atomic E-state index is 0.159. The van der Waals surface area contributed by atoms with E-state index in [4.69, 9.17) is 10.5 Å². The molecule has 0 saturated heterocycles. The summed E-state index contributed by atoms with van der Waals surface area (Å²) in [5.41, 5.74) is 7.82. The van der Waals surface area contributed by atoms with E-state index in [0.29, 0.717) is 17.0 Å². The zero-order chi connectivity index (χ0) is 12.5. The van der Waals surface area contributed by atoms with Crippen LogP contribution in [0.3, 0.4) is 0 Å². The van der Waals surface area contributed by atoms with Crippen LogP contribution in [0, 0.1) is 6.92 Å². The van der Waals surface area contributed by atoms with E-state index in [1.807, 2.05) is 13.8 Å².